The zero-order valence-corrected chi connectivity index (χ0v) is 22.7. The van der Waals surface area contributed by atoms with Crippen molar-refractivity contribution in [2.75, 3.05) is 26.9 Å². The Morgan fingerprint density at radius 2 is 1.75 bits per heavy atom. The fourth-order valence-corrected chi connectivity index (χ4v) is 5.22. The number of sulfonamides is 1. The molecule has 1 saturated heterocycles. The summed E-state index contributed by atoms with van der Waals surface area (Å²) in [4.78, 5) is 4.64. The molecule has 0 aliphatic carbocycles. The van der Waals surface area contributed by atoms with E-state index in [0.29, 0.717) is 54.7 Å². The summed E-state index contributed by atoms with van der Waals surface area (Å²) in [5, 5.41) is 5.23. The van der Waals surface area contributed by atoms with E-state index in [1.807, 2.05) is 30.3 Å². The third kappa shape index (κ3) is 6.15. The molecular weight excluding hydrogens is 535 g/mol. The molecule has 1 aromatic heterocycles. The van der Waals surface area contributed by atoms with Gasteiger partial charge in [-0.2, -0.15) is 0 Å². The van der Waals surface area contributed by atoms with Crippen molar-refractivity contribution in [2.24, 2.45) is 5.14 Å². The molecule has 0 radical (unpaired) electrons. The maximum Gasteiger partial charge on any atom is 0.238 e. The molecule has 3 aromatic carbocycles. The van der Waals surface area contributed by atoms with Crippen LogP contribution in [0.25, 0.3) is 28.7 Å². The van der Waals surface area contributed by atoms with Crippen molar-refractivity contribution in [2.45, 2.75) is 23.3 Å². The molecule has 0 atom stereocenters. The summed E-state index contributed by atoms with van der Waals surface area (Å²) in [5.41, 5.74) is 2.18. The van der Waals surface area contributed by atoms with Gasteiger partial charge in [0.2, 0.25) is 15.9 Å². The molecule has 40 heavy (non-hydrogen) atoms. The lowest BCUT2D eigenvalue weighted by Crippen LogP contribution is -2.35. The van der Waals surface area contributed by atoms with Gasteiger partial charge in [0, 0.05) is 56.4 Å². The first-order chi connectivity index (χ1) is 19.3. The van der Waals surface area contributed by atoms with Gasteiger partial charge in [-0.1, -0.05) is 30.3 Å². The SMILES string of the molecule is COC1(c2cc(F)cc(OCC=Cc3nc(-c4ccccc4)c(-c4ccc(S(N)(=O)=O)cc4)o3)c2)CCOCC1. The first-order valence-electron chi connectivity index (χ1n) is 12.7. The number of aromatic nitrogens is 1. The highest BCUT2D eigenvalue weighted by Crippen LogP contribution is 2.37. The quantitative estimate of drug-likeness (QED) is 0.284. The van der Waals surface area contributed by atoms with Crippen LogP contribution in [0.1, 0.15) is 24.3 Å². The molecule has 0 unspecified atom stereocenters. The molecular formula is C30H29FN2O6S. The van der Waals surface area contributed by atoms with Crippen LogP contribution in [0.2, 0.25) is 0 Å². The summed E-state index contributed by atoms with van der Waals surface area (Å²) in [6.45, 7) is 1.23. The molecule has 0 saturated carbocycles. The van der Waals surface area contributed by atoms with Crippen molar-refractivity contribution in [3.8, 4) is 28.3 Å². The first kappa shape index (κ1) is 27.7. The van der Waals surface area contributed by atoms with Crippen LogP contribution in [0.5, 0.6) is 5.75 Å². The number of methoxy groups -OCH3 is 1. The molecule has 8 nitrogen and oxygen atoms in total. The lowest BCUT2D eigenvalue weighted by atomic mass is 9.86. The zero-order chi connectivity index (χ0) is 28.2. The van der Waals surface area contributed by atoms with E-state index in [2.05, 4.69) is 4.98 Å². The lowest BCUT2D eigenvalue weighted by Gasteiger charge is -2.36. The number of rotatable bonds is 9. The summed E-state index contributed by atoms with van der Waals surface area (Å²) < 4.78 is 60.9. The highest BCUT2D eigenvalue weighted by Gasteiger charge is 2.35. The van der Waals surface area contributed by atoms with Crippen molar-refractivity contribution in [1.29, 1.82) is 0 Å². The Kier molecular flexibility index (Phi) is 8.13. The predicted octanol–water partition coefficient (Wildman–Crippen LogP) is 5.54. The second-order valence-corrected chi connectivity index (χ2v) is 10.9. The van der Waals surface area contributed by atoms with E-state index >= 15 is 0 Å². The molecule has 0 spiro atoms. The smallest absolute Gasteiger partial charge is 0.238 e. The fourth-order valence-electron chi connectivity index (χ4n) is 4.71. The molecule has 1 fully saturated rings. The summed E-state index contributed by atoms with van der Waals surface area (Å²) in [5.74, 6) is 0.783. The van der Waals surface area contributed by atoms with Crippen molar-refractivity contribution in [3.63, 3.8) is 0 Å². The average Bonchev–Trinajstić information content (AvgIpc) is 3.40. The first-order valence-corrected chi connectivity index (χ1v) is 14.2. The Morgan fingerprint density at radius 1 is 1.02 bits per heavy atom. The highest BCUT2D eigenvalue weighted by atomic mass is 32.2. The van der Waals surface area contributed by atoms with E-state index in [4.69, 9.17) is 23.8 Å². The van der Waals surface area contributed by atoms with Crippen molar-refractivity contribution in [1.82, 2.24) is 4.98 Å². The minimum absolute atomic E-state index is 0.00282. The molecule has 1 aliphatic heterocycles. The van der Waals surface area contributed by atoms with Crippen LogP contribution in [0.4, 0.5) is 4.39 Å². The minimum atomic E-state index is -3.82. The van der Waals surface area contributed by atoms with Gasteiger partial charge in [0.1, 0.15) is 23.9 Å². The standard InChI is InChI=1S/C30H29FN2O6S/c1-36-30(13-16-37-17-14-30)23-18-24(31)20-25(19-23)38-15-5-8-27-33-28(21-6-3-2-4-7-21)29(39-27)22-9-11-26(12-10-22)40(32,34)35/h2-12,18-20H,13-17H2,1H3,(H2,32,34,35). The summed E-state index contributed by atoms with van der Waals surface area (Å²) in [7, 11) is -2.19. The number of halogens is 1. The second kappa shape index (κ2) is 11.7. The van der Waals surface area contributed by atoms with E-state index in [1.165, 1.54) is 24.3 Å². The van der Waals surface area contributed by atoms with Crippen molar-refractivity contribution < 1.29 is 31.4 Å². The summed E-state index contributed by atoms with van der Waals surface area (Å²) >= 11 is 0. The maximum atomic E-state index is 14.5. The average molecular weight is 565 g/mol. The largest absolute Gasteiger partial charge is 0.489 e. The van der Waals surface area contributed by atoms with Gasteiger partial charge in [-0.25, -0.2) is 22.9 Å². The zero-order valence-electron chi connectivity index (χ0n) is 21.9. The van der Waals surface area contributed by atoms with Gasteiger partial charge in [-0.05, 0) is 48.0 Å². The van der Waals surface area contributed by atoms with Crippen LogP contribution < -0.4 is 9.88 Å². The number of benzene rings is 3. The molecule has 10 heteroatoms. The van der Waals surface area contributed by atoms with Gasteiger partial charge >= 0.3 is 0 Å². The van der Waals surface area contributed by atoms with E-state index < -0.39 is 21.4 Å². The van der Waals surface area contributed by atoms with Crippen LogP contribution in [0.15, 0.2) is 88.2 Å². The Bertz CT molecular complexity index is 1600. The fraction of sp³-hybridized carbons (Fsp3) is 0.233. The molecule has 208 valence electrons. The summed E-state index contributed by atoms with van der Waals surface area (Å²) in [6.07, 6.45) is 4.66. The minimum Gasteiger partial charge on any atom is -0.489 e. The van der Waals surface area contributed by atoms with Gasteiger partial charge in [0.15, 0.2) is 5.76 Å². The maximum absolute atomic E-state index is 14.5. The molecule has 5 rings (SSSR count). The number of oxazole rings is 1. The van der Waals surface area contributed by atoms with Gasteiger partial charge in [-0.3, -0.25) is 0 Å². The van der Waals surface area contributed by atoms with Crippen LogP contribution in [0, 0.1) is 5.82 Å². The van der Waals surface area contributed by atoms with E-state index in [-0.39, 0.29) is 11.5 Å². The monoisotopic (exact) mass is 564 g/mol. The molecule has 0 bridgehead atoms. The Balaban J connectivity index is 1.36. The number of nitrogens with zero attached hydrogens (tertiary/aromatic N) is 1. The topological polar surface area (TPSA) is 114 Å². The molecule has 2 N–H and O–H groups in total. The normalized spacial score (nSPS) is 15.4. The molecule has 4 aromatic rings. The van der Waals surface area contributed by atoms with Crippen LogP contribution in [-0.2, 0) is 25.1 Å². The van der Waals surface area contributed by atoms with Gasteiger partial charge in [0.05, 0.1) is 10.5 Å². The summed E-state index contributed by atoms with van der Waals surface area (Å²) in [6, 6.07) is 20.2. The number of primary sulfonamides is 1. The number of hydrogen-bond donors (Lipinski definition) is 1. The predicted molar refractivity (Wildman–Crippen MR) is 148 cm³/mol. The highest BCUT2D eigenvalue weighted by molar-refractivity contribution is 7.89. The van der Waals surface area contributed by atoms with Crippen molar-refractivity contribution in [3.05, 3.63) is 96.1 Å². The van der Waals surface area contributed by atoms with E-state index in [0.717, 1.165) is 11.1 Å². The van der Waals surface area contributed by atoms with E-state index in [9.17, 15) is 12.8 Å². The van der Waals surface area contributed by atoms with Crippen LogP contribution in [0.3, 0.4) is 0 Å². The molecule has 2 heterocycles. The Hall–Kier alpha value is -3.83. The van der Waals surface area contributed by atoms with E-state index in [1.54, 1.807) is 37.5 Å². The Labute approximate surface area is 232 Å². The molecule has 0 amide bonds. The third-order valence-corrected chi connectivity index (χ3v) is 7.76. The number of nitrogens with two attached hydrogens (primary N) is 1. The van der Waals surface area contributed by atoms with Gasteiger partial charge < -0.3 is 18.6 Å². The van der Waals surface area contributed by atoms with Crippen LogP contribution >= 0.6 is 0 Å². The Morgan fingerprint density at radius 3 is 2.42 bits per heavy atom. The second-order valence-electron chi connectivity index (χ2n) is 9.37. The number of ether oxygens (including phenoxy) is 3. The number of hydrogen-bond acceptors (Lipinski definition) is 7. The third-order valence-electron chi connectivity index (χ3n) is 6.83. The van der Waals surface area contributed by atoms with Crippen LogP contribution in [-0.4, -0.2) is 40.3 Å². The van der Waals surface area contributed by atoms with Crippen molar-refractivity contribution >= 4 is 16.1 Å². The lowest BCUT2D eigenvalue weighted by molar-refractivity contribution is -0.0950. The van der Waals surface area contributed by atoms with Gasteiger partial charge in [0.25, 0.3) is 0 Å². The molecule has 1 aliphatic rings. The van der Waals surface area contributed by atoms with Gasteiger partial charge in [-0.15, -0.1) is 0 Å².